The van der Waals surface area contributed by atoms with Gasteiger partial charge in [0, 0.05) is 17.3 Å². The number of nitrogens with zero attached hydrogens (tertiary/aromatic N) is 1. The van der Waals surface area contributed by atoms with Crippen molar-refractivity contribution in [2.75, 3.05) is 6.54 Å². The lowest BCUT2D eigenvalue weighted by Gasteiger charge is -2.22. The first-order valence-corrected chi connectivity index (χ1v) is 8.33. The lowest BCUT2D eigenvalue weighted by molar-refractivity contribution is 0.581. The van der Waals surface area contributed by atoms with E-state index in [-0.39, 0.29) is 0 Å². The van der Waals surface area contributed by atoms with Crippen LogP contribution in [0.3, 0.4) is 0 Å². The summed E-state index contributed by atoms with van der Waals surface area (Å²) in [7, 11) is 0. The first kappa shape index (κ1) is 13.8. The van der Waals surface area contributed by atoms with Gasteiger partial charge in [0.1, 0.15) is 0 Å². The summed E-state index contributed by atoms with van der Waals surface area (Å²) >= 11 is 1.91. The van der Waals surface area contributed by atoms with E-state index in [4.69, 9.17) is 4.98 Å². The van der Waals surface area contributed by atoms with Crippen LogP contribution in [0.1, 0.15) is 46.0 Å². The zero-order chi connectivity index (χ0) is 13.9. The summed E-state index contributed by atoms with van der Waals surface area (Å²) in [5.41, 5.74) is 4.26. The smallest absolute Gasteiger partial charge is 0.0965 e. The average Bonchev–Trinajstić information content (AvgIpc) is 2.86. The van der Waals surface area contributed by atoms with Gasteiger partial charge in [-0.1, -0.05) is 31.2 Å². The van der Waals surface area contributed by atoms with Crippen LogP contribution in [0, 0.1) is 6.92 Å². The van der Waals surface area contributed by atoms with Gasteiger partial charge < -0.3 is 5.32 Å². The number of aromatic nitrogens is 1. The molecule has 1 atom stereocenters. The van der Waals surface area contributed by atoms with Crippen LogP contribution < -0.4 is 5.32 Å². The van der Waals surface area contributed by atoms with Crippen LogP contribution in [0.5, 0.6) is 0 Å². The standard InChI is InChI=1S/C17H22N2S/c1-3-18-11-16-12(2)19-17(20-16)15-9-8-13-6-4-5-7-14(13)10-15/h4-7,15,18H,3,8-11H2,1-2H3. The summed E-state index contributed by atoms with van der Waals surface area (Å²) < 4.78 is 0. The van der Waals surface area contributed by atoms with E-state index in [2.05, 4.69) is 43.4 Å². The molecule has 0 spiro atoms. The molecule has 106 valence electrons. The number of thiazole rings is 1. The van der Waals surface area contributed by atoms with E-state index < -0.39 is 0 Å². The Bertz CT molecular complexity index is 588. The Labute approximate surface area is 125 Å². The Hall–Kier alpha value is -1.19. The minimum Gasteiger partial charge on any atom is -0.312 e. The summed E-state index contributed by atoms with van der Waals surface area (Å²) in [6.45, 7) is 6.27. The fourth-order valence-corrected chi connectivity index (χ4v) is 4.11. The zero-order valence-corrected chi connectivity index (χ0v) is 13.1. The highest BCUT2D eigenvalue weighted by molar-refractivity contribution is 7.11. The van der Waals surface area contributed by atoms with Crippen molar-refractivity contribution in [3.05, 3.63) is 51.0 Å². The molecule has 0 radical (unpaired) electrons. The molecule has 1 aromatic carbocycles. The van der Waals surface area contributed by atoms with Crippen molar-refractivity contribution < 1.29 is 0 Å². The Morgan fingerprint density at radius 2 is 2.10 bits per heavy atom. The van der Waals surface area contributed by atoms with Gasteiger partial charge >= 0.3 is 0 Å². The molecule has 1 unspecified atom stereocenters. The monoisotopic (exact) mass is 286 g/mol. The topological polar surface area (TPSA) is 24.9 Å². The highest BCUT2D eigenvalue weighted by Crippen LogP contribution is 2.35. The summed E-state index contributed by atoms with van der Waals surface area (Å²) in [4.78, 5) is 6.24. The Morgan fingerprint density at radius 3 is 2.90 bits per heavy atom. The molecular weight excluding hydrogens is 264 g/mol. The molecule has 3 heteroatoms. The molecule has 3 rings (SSSR count). The van der Waals surface area contributed by atoms with Gasteiger partial charge in [-0.05, 0) is 43.9 Å². The van der Waals surface area contributed by atoms with Gasteiger partial charge in [-0.25, -0.2) is 4.98 Å². The average molecular weight is 286 g/mol. The van der Waals surface area contributed by atoms with E-state index in [0.717, 1.165) is 19.5 Å². The van der Waals surface area contributed by atoms with Gasteiger partial charge in [0.05, 0.1) is 10.7 Å². The predicted octanol–water partition coefficient (Wildman–Crippen LogP) is 3.83. The number of hydrogen-bond acceptors (Lipinski definition) is 3. The van der Waals surface area contributed by atoms with E-state index in [9.17, 15) is 0 Å². The van der Waals surface area contributed by atoms with Gasteiger partial charge in [0.25, 0.3) is 0 Å². The van der Waals surface area contributed by atoms with E-state index in [0.29, 0.717) is 5.92 Å². The molecule has 1 aliphatic rings. The molecule has 0 saturated heterocycles. The van der Waals surface area contributed by atoms with Crippen molar-refractivity contribution in [1.82, 2.24) is 10.3 Å². The molecule has 0 bridgehead atoms. The van der Waals surface area contributed by atoms with Crippen molar-refractivity contribution in [2.45, 2.75) is 45.6 Å². The maximum absolute atomic E-state index is 4.84. The van der Waals surface area contributed by atoms with Crippen molar-refractivity contribution in [3.63, 3.8) is 0 Å². The number of benzene rings is 1. The molecule has 1 heterocycles. The van der Waals surface area contributed by atoms with Crippen LogP contribution in [0.2, 0.25) is 0 Å². The van der Waals surface area contributed by atoms with Crippen molar-refractivity contribution in [3.8, 4) is 0 Å². The van der Waals surface area contributed by atoms with Gasteiger partial charge in [-0.2, -0.15) is 0 Å². The summed E-state index contributed by atoms with van der Waals surface area (Å²) in [6.07, 6.45) is 3.59. The largest absolute Gasteiger partial charge is 0.312 e. The summed E-state index contributed by atoms with van der Waals surface area (Å²) in [5, 5.41) is 4.75. The van der Waals surface area contributed by atoms with Gasteiger partial charge in [0.15, 0.2) is 0 Å². The maximum atomic E-state index is 4.84. The third kappa shape index (κ3) is 2.79. The fourth-order valence-electron chi connectivity index (χ4n) is 2.94. The molecule has 1 aliphatic carbocycles. The predicted molar refractivity (Wildman–Crippen MR) is 85.4 cm³/mol. The second kappa shape index (κ2) is 6.06. The minimum absolute atomic E-state index is 0.615. The number of fused-ring (bicyclic) bond motifs is 1. The summed E-state index contributed by atoms with van der Waals surface area (Å²) in [5.74, 6) is 0.615. The van der Waals surface area contributed by atoms with E-state index in [1.807, 2.05) is 11.3 Å². The normalized spacial score (nSPS) is 18.0. The van der Waals surface area contributed by atoms with Crippen LogP contribution in [-0.4, -0.2) is 11.5 Å². The van der Waals surface area contributed by atoms with Crippen LogP contribution in [0.4, 0.5) is 0 Å². The van der Waals surface area contributed by atoms with Gasteiger partial charge in [-0.3, -0.25) is 0 Å². The number of nitrogens with one attached hydrogen (secondary N) is 1. The minimum atomic E-state index is 0.615. The van der Waals surface area contributed by atoms with Crippen molar-refractivity contribution in [1.29, 1.82) is 0 Å². The second-order valence-corrected chi connectivity index (χ2v) is 6.66. The number of rotatable bonds is 4. The molecule has 2 nitrogen and oxygen atoms in total. The van der Waals surface area contributed by atoms with Crippen molar-refractivity contribution in [2.24, 2.45) is 0 Å². The van der Waals surface area contributed by atoms with Crippen LogP contribution in [0.15, 0.2) is 24.3 Å². The van der Waals surface area contributed by atoms with E-state index in [1.54, 1.807) is 0 Å². The van der Waals surface area contributed by atoms with Crippen LogP contribution >= 0.6 is 11.3 Å². The molecule has 0 amide bonds. The summed E-state index contributed by atoms with van der Waals surface area (Å²) in [6, 6.07) is 8.86. The SMILES string of the molecule is CCNCc1sc(C2CCc3ccccc3C2)nc1C. The maximum Gasteiger partial charge on any atom is 0.0965 e. The molecule has 1 N–H and O–H groups in total. The first-order chi connectivity index (χ1) is 9.78. The number of aryl methyl sites for hydroxylation is 2. The molecule has 1 aromatic heterocycles. The molecule has 0 aliphatic heterocycles. The van der Waals surface area contributed by atoms with Gasteiger partial charge in [0.2, 0.25) is 0 Å². The molecule has 20 heavy (non-hydrogen) atoms. The zero-order valence-electron chi connectivity index (χ0n) is 12.3. The molecular formula is C17H22N2S. The molecule has 0 fully saturated rings. The Morgan fingerprint density at radius 1 is 1.30 bits per heavy atom. The lowest BCUT2D eigenvalue weighted by atomic mass is 9.84. The third-order valence-electron chi connectivity index (χ3n) is 4.14. The molecule has 0 saturated carbocycles. The van der Waals surface area contributed by atoms with E-state index >= 15 is 0 Å². The number of hydrogen-bond donors (Lipinski definition) is 1. The van der Waals surface area contributed by atoms with E-state index in [1.165, 1.54) is 39.5 Å². The Balaban J connectivity index is 1.78. The van der Waals surface area contributed by atoms with Gasteiger partial charge in [-0.15, -0.1) is 11.3 Å². The lowest BCUT2D eigenvalue weighted by Crippen LogP contribution is -2.12. The van der Waals surface area contributed by atoms with Crippen LogP contribution in [-0.2, 0) is 19.4 Å². The highest BCUT2D eigenvalue weighted by atomic mass is 32.1. The Kier molecular flexibility index (Phi) is 4.18. The van der Waals surface area contributed by atoms with Crippen LogP contribution in [0.25, 0.3) is 0 Å². The second-order valence-electron chi connectivity index (χ2n) is 5.55. The third-order valence-corrected chi connectivity index (χ3v) is 5.46. The first-order valence-electron chi connectivity index (χ1n) is 7.51. The highest BCUT2D eigenvalue weighted by Gasteiger charge is 2.23. The van der Waals surface area contributed by atoms with Crippen molar-refractivity contribution >= 4 is 11.3 Å². The quantitative estimate of drug-likeness (QED) is 0.924. The fraction of sp³-hybridized carbons (Fsp3) is 0.471. The molecule has 2 aromatic rings.